The average molecular weight is 282 g/mol. The number of nitrogens with one attached hydrogen (secondary N) is 1. The van der Waals surface area contributed by atoms with Crippen LogP contribution in [-0.4, -0.2) is 6.04 Å². The van der Waals surface area contributed by atoms with Crippen LogP contribution in [0, 0.1) is 6.92 Å². The minimum atomic E-state index is 0.470. The number of hydrogen-bond acceptors (Lipinski definition) is 2. The van der Waals surface area contributed by atoms with E-state index in [-0.39, 0.29) is 0 Å². The standard InChI is InChI=1S/C13H16BrNO/c1-8(2)15-7-10-6-11-12(14)5-4-9(3)13(11)16-10/h4-6,8,15H,7H2,1-3H3. The van der Waals surface area contributed by atoms with E-state index in [9.17, 15) is 0 Å². The van der Waals surface area contributed by atoms with Gasteiger partial charge < -0.3 is 9.73 Å². The van der Waals surface area contributed by atoms with Crippen LogP contribution in [0.25, 0.3) is 11.0 Å². The molecule has 2 aromatic rings. The fraction of sp³-hybridized carbons (Fsp3) is 0.385. The third-order valence-corrected chi connectivity index (χ3v) is 3.25. The van der Waals surface area contributed by atoms with Gasteiger partial charge in [-0.3, -0.25) is 0 Å². The van der Waals surface area contributed by atoms with Crippen LogP contribution >= 0.6 is 15.9 Å². The van der Waals surface area contributed by atoms with Gasteiger partial charge in [-0.2, -0.15) is 0 Å². The fourth-order valence-corrected chi connectivity index (χ4v) is 2.09. The number of aryl methyl sites for hydroxylation is 1. The van der Waals surface area contributed by atoms with Crippen molar-refractivity contribution in [2.24, 2.45) is 0 Å². The molecule has 0 aliphatic carbocycles. The van der Waals surface area contributed by atoms with Gasteiger partial charge in [0.25, 0.3) is 0 Å². The van der Waals surface area contributed by atoms with E-state index < -0.39 is 0 Å². The molecule has 1 aromatic heterocycles. The highest BCUT2D eigenvalue weighted by Crippen LogP contribution is 2.29. The average Bonchev–Trinajstić information content (AvgIpc) is 2.66. The highest BCUT2D eigenvalue weighted by molar-refractivity contribution is 9.10. The number of furan rings is 1. The molecule has 0 amide bonds. The van der Waals surface area contributed by atoms with Gasteiger partial charge in [-0.05, 0) is 24.6 Å². The van der Waals surface area contributed by atoms with Gasteiger partial charge in [0.05, 0.1) is 6.54 Å². The maximum Gasteiger partial charge on any atom is 0.138 e. The second-order valence-electron chi connectivity index (χ2n) is 4.36. The summed E-state index contributed by atoms with van der Waals surface area (Å²) < 4.78 is 6.93. The van der Waals surface area contributed by atoms with E-state index in [4.69, 9.17) is 4.42 Å². The molecule has 0 saturated heterocycles. The van der Waals surface area contributed by atoms with E-state index in [2.05, 4.69) is 60.2 Å². The molecule has 0 radical (unpaired) electrons. The van der Waals surface area contributed by atoms with Crippen molar-refractivity contribution >= 4 is 26.9 Å². The van der Waals surface area contributed by atoms with Gasteiger partial charge in [0.1, 0.15) is 11.3 Å². The van der Waals surface area contributed by atoms with Crippen LogP contribution in [0.1, 0.15) is 25.2 Å². The van der Waals surface area contributed by atoms with Gasteiger partial charge in [0.2, 0.25) is 0 Å². The Labute approximate surface area is 104 Å². The lowest BCUT2D eigenvalue weighted by Gasteiger charge is -2.04. The van der Waals surface area contributed by atoms with Crippen molar-refractivity contribution in [3.8, 4) is 0 Å². The first-order valence-corrected chi connectivity index (χ1v) is 6.28. The molecular formula is C13H16BrNO. The van der Waals surface area contributed by atoms with E-state index in [0.29, 0.717) is 6.04 Å². The molecule has 2 nitrogen and oxygen atoms in total. The van der Waals surface area contributed by atoms with Gasteiger partial charge in [0, 0.05) is 15.9 Å². The van der Waals surface area contributed by atoms with Crippen LogP contribution in [0.5, 0.6) is 0 Å². The summed E-state index contributed by atoms with van der Waals surface area (Å²) in [6.45, 7) is 7.10. The van der Waals surface area contributed by atoms with Crippen LogP contribution in [0.3, 0.4) is 0 Å². The van der Waals surface area contributed by atoms with Gasteiger partial charge in [-0.15, -0.1) is 0 Å². The Bertz CT molecular complexity index is 463. The molecule has 0 unspecified atom stereocenters. The van der Waals surface area contributed by atoms with E-state index in [0.717, 1.165) is 27.7 Å². The summed E-state index contributed by atoms with van der Waals surface area (Å²) in [7, 11) is 0. The van der Waals surface area contributed by atoms with Crippen molar-refractivity contribution in [2.45, 2.75) is 33.4 Å². The molecule has 16 heavy (non-hydrogen) atoms. The normalized spacial score (nSPS) is 11.6. The van der Waals surface area contributed by atoms with Crippen LogP contribution in [0.15, 0.2) is 27.1 Å². The van der Waals surface area contributed by atoms with Crippen LogP contribution in [0.2, 0.25) is 0 Å². The maximum absolute atomic E-state index is 5.84. The third kappa shape index (κ3) is 2.30. The first-order valence-electron chi connectivity index (χ1n) is 5.49. The van der Waals surface area contributed by atoms with Crippen molar-refractivity contribution in [3.05, 3.63) is 34.0 Å². The number of hydrogen-bond donors (Lipinski definition) is 1. The SMILES string of the molecule is Cc1ccc(Br)c2cc(CNC(C)C)oc12. The van der Waals surface area contributed by atoms with E-state index in [1.54, 1.807) is 0 Å². The molecule has 0 fully saturated rings. The van der Waals surface area contributed by atoms with E-state index in [1.807, 2.05) is 0 Å². The smallest absolute Gasteiger partial charge is 0.138 e. The predicted molar refractivity (Wildman–Crippen MR) is 70.6 cm³/mol. The first kappa shape index (κ1) is 11.7. The zero-order valence-electron chi connectivity index (χ0n) is 9.80. The Hall–Kier alpha value is -0.800. The highest BCUT2D eigenvalue weighted by atomic mass is 79.9. The quantitative estimate of drug-likeness (QED) is 0.920. The lowest BCUT2D eigenvalue weighted by molar-refractivity contribution is 0.487. The maximum atomic E-state index is 5.84. The van der Waals surface area contributed by atoms with E-state index in [1.165, 1.54) is 5.56 Å². The molecule has 0 atom stereocenters. The molecule has 86 valence electrons. The minimum Gasteiger partial charge on any atom is -0.459 e. The second-order valence-corrected chi connectivity index (χ2v) is 5.21. The molecule has 3 heteroatoms. The van der Waals surface area contributed by atoms with Crippen molar-refractivity contribution in [1.29, 1.82) is 0 Å². The summed E-state index contributed by atoms with van der Waals surface area (Å²) in [5.41, 5.74) is 2.16. The second kappa shape index (κ2) is 4.60. The Balaban J connectivity index is 2.36. The van der Waals surface area contributed by atoms with Crippen molar-refractivity contribution in [1.82, 2.24) is 5.32 Å². The number of rotatable bonds is 3. The highest BCUT2D eigenvalue weighted by Gasteiger charge is 2.09. The predicted octanol–water partition coefficient (Wildman–Crippen LogP) is 4.00. The zero-order chi connectivity index (χ0) is 11.7. The number of halogens is 1. The topological polar surface area (TPSA) is 25.2 Å². The van der Waals surface area contributed by atoms with Gasteiger partial charge in [-0.1, -0.05) is 35.8 Å². The monoisotopic (exact) mass is 281 g/mol. The van der Waals surface area contributed by atoms with Gasteiger partial charge in [0.15, 0.2) is 0 Å². The summed E-state index contributed by atoms with van der Waals surface area (Å²) >= 11 is 3.54. The molecular weight excluding hydrogens is 266 g/mol. The lowest BCUT2D eigenvalue weighted by atomic mass is 10.2. The van der Waals surface area contributed by atoms with Crippen LogP contribution in [0.4, 0.5) is 0 Å². The summed E-state index contributed by atoms with van der Waals surface area (Å²) in [6.07, 6.45) is 0. The Morgan fingerprint density at radius 3 is 2.75 bits per heavy atom. The fourth-order valence-electron chi connectivity index (χ4n) is 1.67. The van der Waals surface area contributed by atoms with Crippen molar-refractivity contribution < 1.29 is 4.42 Å². The first-order chi connectivity index (χ1) is 7.58. The van der Waals surface area contributed by atoms with Crippen molar-refractivity contribution in [3.63, 3.8) is 0 Å². The summed E-state index contributed by atoms with van der Waals surface area (Å²) in [4.78, 5) is 0. The molecule has 0 aliphatic rings. The van der Waals surface area contributed by atoms with Crippen LogP contribution < -0.4 is 5.32 Å². The Morgan fingerprint density at radius 1 is 1.38 bits per heavy atom. The lowest BCUT2D eigenvalue weighted by Crippen LogP contribution is -2.21. The third-order valence-electron chi connectivity index (χ3n) is 2.56. The summed E-state index contributed by atoms with van der Waals surface area (Å²) in [6, 6.07) is 6.70. The molecule has 0 spiro atoms. The number of fused-ring (bicyclic) bond motifs is 1. The van der Waals surface area contributed by atoms with E-state index >= 15 is 0 Å². The molecule has 1 N–H and O–H groups in total. The van der Waals surface area contributed by atoms with Crippen LogP contribution in [-0.2, 0) is 6.54 Å². The van der Waals surface area contributed by atoms with Gasteiger partial charge >= 0.3 is 0 Å². The molecule has 0 saturated carbocycles. The molecule has 0 bridgehead atoms. The molecule has 1 aromatic carbocycles. The summed E-state index contributed by atoms with van der Waals surface area (Å²) in [5.74, 6) is 0.985. The minimum absolute atomic E-state index is 0.470. The number of benzene rings is 1. The molecule has 2 rings (SSSR count). The van der Waals surface area contributed by atoms with Gasteiger partial charge in [-0.25, -0.2) is 0 Å². The largest absolute Gasteiger partial charge is 0.459 e. The van der Waals surface area contributed by atoms with Crippen molar-refractivity contribution in [2.75, 3.05) is 0 Å². The zero-order valence-corrected chi connectivity index (χ0v) is 11.4. The molecule has 0 aliphatic heterocycles. The Morgan fingerprint density at radius 2 is 2.12 bits per heavy atom. The molecule has 1 heterocycles. The summed E-state index contributed by atoms with van der Waals surface area (Å²) in [5, 5.41) is 4.51. The Kier molecular flexibility index (Phi) is 3.36.